The van der Waals surface area contributed by atoms with Gasteiger partial charge in [-0.15, -0.1) is 0 Å². The van der Waals surface area contributed by atoms with E-state index in [-0.39, 0.29) is 31.0 Å². The smallest absolute Gasteiger partial charge is 0.303 e. The van der Waals surface area contributed by atoms with Crippen molar-refractivity contribution in [3.05, 3.63) is 12.2 Å². The fraction of sp³-hybridized carbons (Fsp3) is 0.850. The Morgan fingerprint density at radius 3 is 2.64 bits per heavy atom. The molecular formula is C20H34O5. The lowest BCUT2D eigenvalue weighted by molar-refractivity contribution is -0.338. The van der Waals surface area contributed by atoms with Gasteiger partial charge in [0.2, 0.25) is 0 Å². The molecule has 0 spiro atoms. The van der Waals surface area contributed by atoms with E-state index in [1.165, 1.54) is 0 Å². The molecule has 0 amide bonds. The molecule has 5 nitrogen and oxygen atoms in total. The highest BCUT2D eigenvalue weighted by molar-refractivity contribution is 5.66. The first-order valence-corrected chi connectivity index (χ1v) is 9.99. The first-order chi connectivity index (χ1) is 12.1. The van der Waals surface area contributed by atoms with Crippen molar-refractivity contribution in [2.45, 2.75) is 102 Å². The normalized spacial score (nSPS) is 29.5. The lowest BCUT2D eigenvalue weighted by Gasteiger charge is -2.50. The molecule has 2 bridgehead atoms. The van der Waals surface area contributed by atoms with E-state index in [0.29, 0.717) is 5.92 Å². The molecule has 5 atom stereocenters. The van der Waals surface area contributed by atoms with Gasteiger partial charge in [0.15, 0.2) is 6.29 Å². The van der Waals surface area contributed by atoms with E-state index in [9.17, 15) is 9.90 Å². The molecule has 0 aliphatic carbocycles. The SMILES string of the molecule is CCCCC[C@H](O)/C=C/C1OC2CC(O2)[C@@H]1CCCCCCC(=O)O. The number of hydrogen-bond acceptors (Lipinski definition) is 4. The third-order valence-corrected chi connectivity index (χ3v) is 5.26. The maximum absolute atomic E-state index is 10.5. The number of fused-ring (bicyclic) bond motifs is 2. The van der Waals surface area contributed by atoms with E-state index in [1.807, 2.05) is 12.2 Å². The Bertz CT molecular complexity index is 416. The minimum Gasteiger partial charge on any atom is -0.481 e. The van der Waals surface area contributed by atoms with Crippen LogP contribution in [-0.2, 0) is 14.3 Å². The van der Waals surface area contributed by atoms with Crippen LogP contribution in [0, 0.1) is 5.92 Å². The van der Waals surface area contributed by atoms with Crippen LogP contribution >= 0.6 is 0 Å². The summed E-state index contributed by atoms with van der Waals surface area (Å²) in [5.41, 5.74) is 0. The minimum atomic E-state index is -0.711. The summed E-state index contributed by atoms with van der Waals surface area (Å²) in [5.74, 6) is -0.360. The second-order valence-corrected chi connectivity index (χ2v) is 7.40. The zero-order chi connectivity index (χ0) is 18.1. The maximum Gasteiger partial charge on any atom is 0.303 e. The summed E-state index contributed by atoms with van der Waals surface area (Å²) >= 11 is 0. The summed E-state index contributed by atoms with van der Waals surface area (Å²) in [6.45, 7) is 2.16. The zero-order valence-electron chi connectivity index (χ0n) is 15.4. The van der Waals surface area contributed by atoms with Gasteiger partial charge in [-0.25, -0.2) is 0 Å². The van der Waals surface area contributed by atoms with Crippen molar-refractivity contribution in [2.75, 3.05) is 0 Å². The fourth-order valence-electron chi connectivity index (χ4n) is 3.71. The predicted molar refractivity (Wildman–Crippen MR) is 96.3 cm³/mol. The largest absolute Gasteiger partial charge is 0.481 e. The molecule has 3 saturated heterocycles. The summed E-state index contributed by atoms with van der Waals surface area (Å²) in [7, 11) is 0. The quantitative estimate of drug-likeness (QED) is 0.386. The van der Waals surface area contributed by atoms with Crippen LogP contribution in [-0.4, -0.2) is 40.8 Å². The van der Waals surface area contributed by atoms with E-state index in [1.54, 1.807) is 0 Å². The average molecular weight is 354 g/mol. The van der Waals surface area contributed by atoms with Crippen molar-refractivity contribution in [1.29, 1.82) is 0 Å². The van der Waals surface area contributed by atoms with Crippen LogP contribution < -0.4 is 0 Å². The van der Waals surface area contributed by atoms with Gasteiger partial charge in [0.1, 0.15) is 0 Å². The van der Waals surface area contributed by atoms with Crippen molar-refractivity contribution in [3.8, 4) is 0 Å². The number of carboxylic acid groups (broad SMARTS) is 1. The van der Waals surface area contributed by atoms with E-state index in [4.69, 9.17) is 14.6 Å². The van der Waals surface area contributed by atoms with Gasteiger partial charge < -0.3 is 19.7 Å². The topological polar surface area (TPSA) is 76.0 Å². The van der Waals surface area contributed by atoms with E-state index in [2.05, 4.69) is 6.92 Å². The van der Waals surface area contributed by atoms with E-state index >= 15 is 0 Å². The standard InChI is InChI=1S/C20H34O5/c1-2-3-6-9-15(21)12-13-17-16(18-14-20(24-17)25-18)10-7-4-5-8-11-19(22)23/h12-13,15-18,20-21H,2-11,14H2,1H3,(H,22,23)/b13-12+/t15-,16+,17?,18?,20?/m0/s1. The van der Waals surface area contributed by atoms with Crippen molar-refractivity contribution in [1.82, 2.24) is 0 Å². The van der Waals surface area contributed by atoms with Gasteiger partial charge in [0.25, 0.3) is 0 Å². The Morgan fingerprint density at radius 1 is 1.16 bits per heavy atom. The lowest BCUT2D eigenvalue weighted by Crippen LogP contribution is -2.55. The highest BCUT2D eigenvalue weighted by atomic mass is 16.7. The van der Waals surface area contributed by atoms with Crippen molar-refractivity contribution < 1.29 is 24.5 Å². The summed E-state index contributed by atoms with van der Waals surface area (Å²) in [4.78, 5) is 10.5. The zero-order valence-corrected chi connectivity index (χ0v) is 15.4. The average Bonchev–Trinajstić information content (AvgIpc) is 2.55. The third kappa shape index (κ3) is 7.08. The van der Waals surface area contributed by atoms with Gasteiger partial charge >= 0.3 is 5.97 Å². The Morgan fingerprint density at radius 2 is 1.92 bits per heavy atom. The van der Waals surface area contributed by atoms with Crippen molar-refractivity contribution >= 4 is 5.97 Å². The molecule has 0 saturated carbocycles. The van der Waals surface area contributed by atoms with Gasteiger partial charge in [-0.3, -0.25) is 4.79 Å². The number of aliphatic hydroxyl groups excluding tert-OH is 1. The van der Waals surface area contributed by atoms with Crippen LogP contribution in [0.2, 0.25) is 0 Å². The third-order valence-electron chi connectivity index (χ3n) is 5.26. The van der Waals surface area contributed by atoms with Gasteiger partial charge in [-0.2, -0.15) is 0 Å². The highest BCUT2D eigenvalue weighted by Gasteiger charge is 2.46. The first kappa shape index (κ1) is 20.4. The fourth-order valence-corrected chi connectivity index (χ4v) is 3.71. The van der Waals surface area contributed by atoms with Crippen LogP contribution in [0.15, 0.2) is 12.2 Å². The molecule has 0 aromatic heterocycles. The van der Waals surface area contributed by atoms with E-state index < -0.39 is 5.97 Å². The van der Waals surface area contributed by atoms with Crippen LogP contribution in [0.1, 0.15) is 77.6 Å². The summed E-state index contributed by atoms with van der Waals surface area (Å²) in [6.07, 6.45) is 14.1. The Hall–Kier alpha value is -0.910. The molecule has 3 heterocycles. The van der Waals surface area contributed by atoms with Gasteiger partial charge in [0.05, 0.1) is 18.3 Å². The van der Waals surface area contributed by atoms with Gasteiger partial charge in [0, 0.05) is 18.8 Å². The predicted octanol–water partition coefficient (Wildman–Crippen LogP) is 4.04. The van der Waals surface area contributed by atoms with E-state index in [0.717, 1.165) is 64.2 Å². The molecule has 0 radical (unpaired) electrons. The number of aliphatic carboxylic acids is 1. The maximum atomic E-state index is 10.5. The molecule has 3 unspecified atom stereocenters. The van der Waals surface area contributed by atoms with Crippen molar-refractivity contribution in [3.63, 3.8) is 0 Å². The van der Waals surface area contributed by atoms with Crippen molar-refractivity contribution in [2.24, 2.45) is 5.92 Å². The molecule has 3 fully saturated rings. The molecule has 5 heteroatoms. The molecule has 144 valence electrons. The first-order valence-electron chi connectivity index (χ1n) is 9.99. The molecular weight excluding hydrogens is 320 g/mol. The van der Waals surface area contributed by atoms with Crippen LogP contribution in [0.5, 0.6) is 0 Å². The number of hydrogen-bond donors (Lipinski definition) is 2. The Kier molecular flexibility index (Phi) is 8.93. The number of ether oxygens (including phenoxy) is 2. The molecule has 0 aromatic carbocycles. The van der Waals surface area contributed by atoms with Crippen LogP contribution in [0.25, 0.3) is 0 Å². The number of aliphatic hydroxyl groups is 1. The molecule has 3 aliphatic rings. The van der Waals surface area contributed by atoms with Crippen LogP contribution in [0.4, 0.5) is 0 Å². The lowest BCUT2D eigenvalue weighted by atomic mass is 9.83. The summed E-state index contributed by atoms with van der Waals surface area (Å²) in [5, 5.41) is 18.7. The second-order valence-electron chi connectivity index (χ2n) is 7.40. The van der Waals surface area contributed by atoms with Gasteiger partial charge in [-0.05, 0) is 19.3 Å². The van der Waals surface area contributed by atoms with Gasteiger partial charge in [-0.1, -0.05) is 57.6 Å². The summed E-state index contributed by atoms with van der Waals surface area (Å²) < 4.78 is 11.7. The van der Waals surface area contributed by atoms with Crippen LogP contribution in [0.3, 0.4) is 0 Å². The molecule has 0 aromatic rings. The molecule has 3 rings (SSSR count). The number of carboxylic acids is 1. The molecule has 3 aliphatic heterocycles. The molecule has 25 heavy (non-hydrogen) atoms. The monoisotopic (exact) mass is 354 g/mol. The minimum absolute atomic E-state index is 0.0392. The number of rotatable bonds is 13. The number of carbonyl (C=O) groups is 1. The summed E-state index contributed by atoms with van der Waals surface area (Å²) in [6, 6.07) is 0. The highest BCUT2D eigenvalue weighted by Crippen LogP contribution is 2.41. The Labute approximate surface area is 151 Å². The number of unbranched alkanes of at least 4 members (excludes halogenated alkanes) is 5. The second kappa shape index (κ2) is 10.9. The molecule has 2 N–H and O–H groups in total. The Balaban J connectivity index is 1.70.